The molecule has 2 N–H and O–H groups in total. The third-order valence-corrected chi connectivity index (χ3v) is 7.82. The zero-order valence-corrected chi connectivity index (χ0v) is 19.4. The maximum Gasteiger partial charge on any atom is 0.147 e. The van der Waals surface area contributed by atoms with Crippen molar-refractivity contribution in [1.82, 2.24) is 0 Å². The van der Waals surface area contributed by atoms with Crippen LogP contribution >= 0.6 is 0 Å². The van der Waals surface area contributed by atoms with E-state index < -0.39 is 0 Å². The van der Waals surface area contributed by atoms with Gasteiger partial charge in [0.05, 0.1) is 25.4 Å². The molecule has 0 saturated heterocycles. The van der Waals surface area contributed by atoms with Gasteiger partial charge in [0.2, 0.25) is 0 Å². The highest BCUT2D eigenvalue weighted by atomic mass is 16.7. The number of fused-ring (bicyclic) bond motifs is 1. The van der Waals surface area contributed by atoms with Crippen molar-refractivity contribution in [3.05, 3.63) is 0 Å². The molecule has 0 bridgehead atoms. The molecule has 0 amide bonds. The Labute approximate surface area is 178 Å². The second-order valence-electron chi connectivity index (χ2n) is 10.2. The Balaban J connectivity index is 2.10. The van der Waals surface area contributed by atoms with E-state index in [1.165, 1.54) is 19.3 Å². The summed E-state index contributed by atoms with van der Waals surface area (Å²) < 4.78 is 16.9. The van der Waals surface area contributed by atoms with Gasteiger partial charge in [0.25, 0.3) is 0 Å². The van der Waals surface area contributed by atoms with Crippen LogP contribution in [0.2, 0.25) is 0 Å². The highest BCUT2D eigenvalue weighted by molar-refractivity contribution is 5.07. The third kappa shape index (κ3) is 6.39. The molecule has 2 fully saturated rings. The second-order valence-corrected chi connectivity index (χ2v) is 10.2. The van der Waals surface area contributed by atoms with Crippen molar-refractivity contribution in [2.24, 2.45) is 35.0 Å². The number of aliphatic hydroxyl groups is 2. The van der Waals surface area contributed by atoms with Gasteiger partial charge in [-0.3, -0.25) is 0 Å². The maximum absolute atomic E-state index is 10.7. The minimum Gasteiger partial charge on any atom is -0.396 e. The van der Waals surface area contributed by atoms with E-state index in [0.717, 1.165) is 25.2 Å². The molecule has 0 radical (unpaired) electrons. The van der Waals surface area contributed by atoms with Crippen LogP contribution < -0.4 is 0 Å². The first-order valence-corrected chi connectivity index (χ1v) is 11.8. The lowest BCUT2D eigenvalue weighted by Crippen LogP contribution is -2.48. The van der Waals surface area contributed by atoms with Crippen molar-refractivity contribution < 1.29 is 24.4 Å². The number of aliphatic hydroxyl groups excluding tert-OH is 2. The van der Waals surface area contributed by atoms with Crippen LogP contribution in [0.1, 0.15) is 72.6 Å². The van der Waals surface area contributed by atoms with Crippen LogP contribution in [0.15, 0.2) is 0 Å². The summed E-state index contributed by atoms with van der Waals surface area (Å²) in [6, 6.07) is 0. The quantitative estimate of drug-likeness (QED) is 0.348. The van der Waals surface area contributed by atoms with Gasteiger partial charge in [-0.25, -0.2) is 0 Å². The first-order valence-electron chi connectivity index (χ1n) is 11.8. The fraction of sp³-hybridized carbons (Fsp3) is 1.00. The topological polar surface area (TPSA) is 68.2 Å². The van der Waals surface area contributed by atoms with Crippen LogP contribution in [0, 0.1) is 35.0 Å². The molecule has 2 rings (SSSR count). The predicted octanol–water partition coefficient (Wildman–Crippen LogP) is 4.25. The van der Waals surface area contributed by atoms with Crippen LogP contribution in [0.4, 0.5) is 0 Å². The SMILES string of the molecule is COCCOCO[C@H]1C[C@H]([C@H](C)CCCC(C)C)[C@@]2(C)CC[C@@H](O)[C@@H](CCO)[C@H]12. The van der Waals surface area contributed by atoms with Crippen LogP contribution in [0.25, 0.3) is 0 Å². The molecule has 29 heavy (non-hydrogen) atoms. The Morgan fingerprint density at radius 1 is 1.14 bits per heavy atom. The lowest BCUT2D eigenvalue weighted by atomic mass is 9.57. The molecule has 0 aliphatic heterocycles. The average molecular weight is 415 g/mol. The van der Waals surface area contributed by atoms with E-state index in [9.17, 15) is 10.2 Å². The number of ether oxygens (including phenoxy) is 3. The van der Waals surface area contributed by atoms with Crippen molar-refractivity contribution in [3.63, 3.8) is 0 Å². The van der Waals surface area contributed by atoms with E-state index in [1.807, 2.05) is 0 Å². The summed E-state index contributed by atoms with van der Waals surface area (Å²) >= 11 is 0. The standard InChI is InChI=1S/C24H46O5/c1-17(2)7-6-8-18(3)20-15-22(29-16-28-14-13-27-5)23-19(10-12-25)21(26)9-11-24(20,23)4/h17-23,25-26H,6-16H2,1-5H3/t18-,19-,20-,21-,22+,23-,24-/m1/s1. The fourth-order valence-corrected chi connectivity index (χ4v) is 6.33. The Morgan fingerprint density at radius 2 is 1.90 bits per heavy atom. The molecular weight excluding hydrogens is 368 g/mol. The van der Waals surface area contributed by atoms with Crippen molar-refractivity contribution in [3.8, 4) is 0 Å². The van der Waals surface area contributed by atoms with Gasteiger partial charge in [-0.1, -0.05) is 47.0 Å². The Hall–Kier alpha value is -0.200. The van der Waals surface area contributed by atoms with Gasteiger partial charge in [0, 0.05) is 13.7 Å². The molecule has 0 aromatic rings. The number of hydrogen-bond donors (Lipinski definition) is 2. The van der Waals surface area contributed by atoms with Gasteiger partial charge in [-0.2, -0.15) is 0 Å². The van der Waals surface area contributed by atoms with Gasteiger partial charge in [0.15, 0.2) is 0 Å². The van der Waals surface area contributed by atoms with Crippen LogP contribution in [0.3, 0.4) is 0 Å². The molecule has 0 aromatic carbocycles. The normalized spacial score (nSPS) is 35.8. The molecule has 0 aromatic heterocycles. The van der Waals surface area contributed by atoms with Gasteiger partial charge in [-0.05, 0) is 60.7 Å². The number of rotatable bonds is 13. The van der Waals surface area contributed by atoms with Crippen molar-refractivity contribution in [1.29, 1.82) is 0 Å². The van der Waals surface area contributed by atoms with E-state index >= 15 is 0 Å². The first kappa shape index (κ1) is 25.1. The summed E-state index contributed by atoms with van der Waals surface area (Å²) in [5.41, 5.74) is 0.160. The van der Waals surface area contributed by atoms with E-state index in [4.69, 9.17) is 14.2 Å². The summed E-state index contributed by atoms with van der Waals surface area (Å²) in [6.45, 7) is 10.9. The smallest absolute Gasteiger partial charge is 0.147 e. The lowest BCUT2D eigenvalue weighted by Gasteiger charge is -2.49. The van der Waals surface area contributed by atoms with Crippen LogP contribution in [-0.2, 0) is 14.2 Å². The van der Waals surface area contributed by atoms with Crippen LogP contribution in [-0.4, -0.2) is 56.1 Å². The van der Waals surface area contributed by atoms with Crippen molar-refractivity contribution >= 4 is 0 Å². The largest absolute Gasteiger partial charge is 0.396 e. The molecule has 7 atom stereocenters. The molecule has 2 aliphatic carbocycles. The number of hydrogen-bond acceptors (Lipinski definition) is 5. The highest BCUT2D eigenvalue weighted by Crippen LogP contribution is 2.61. The van der Waals surface area contributed by atoms with Crippen LogP contribution in [0.5, 0.6) is 0 Å². The Morgan fingerprint density at radius 3 is 2.55 bits per heavy atom. The molecule has 0 unspecified atom stereocenters. The predicted molar refractivity (Wildman–Crippen MR) is 116 cm³/mol. The Kier molecular flexibility index (Phi) is 10.4. The summed E-state index contributed by atoms with van der Waals surface area (Å²) in [7, 11) is 1.67. The monoisotopic (exact) mass is 414 g/mol. The summed E-state index contributed by atoms with van der Waals surface area (Å²) in [4.78, 5) is 0. The minimum atomic E-state index is -0.337. The van der Waals surface area contributed by atoms with Gasteiger partial charge >= 0.3 is 0 Å². The zero-order valence-electron chi connectivity index (χ0n) is 19.4. The first-order chi connectivity index (χ1) is 13.8. The molecule has 5 heteroatoms. The average Bonchev–Trinajstić information content (AvgIpc) is 2.97. The molecule has 2 saturated carbocycles. The van der Waals surface area contributed by atoms with Crippen molar-refractivity contribution in [2.45, 2.75) is 84.8 Å². The molecule has 2 aliphatic rings. The van der Waals surface area contributed by atoms with E-state index in [2.05, 4.69) is 27.7 Å². The number of methoxy groups -OCH3 is 1. The lowest BCUT2D eigenvalue weighted by molar-refractivity contribution is -0.142. The molecule has 0 spiro atoms. The van der Waals surface area contributed by atoms with Gasteiger partial charge < -0.3 is 24.4 Å². The van der Waals surface area contributed by atoms with E-state index in [1.54, 1.807) is 7.11 Å². The molecule has 5 nitrogen and oxygen atoms in total. The zero-order chi connectivity index (χ0) is 21.4. The minimum absolute atomic E-state index is 0.0894. The molecule has 172 valence electrons. The van der Waals surface area contributed by atoms with Crippen molar-refractivity contribution in [2.75, 3.05) is 33.7 Å². The highest BCUT2D eigenvalue weighted by Gasteiger charge is 2.59. The summed E-state index contributed by atoms with van der Waals surface area (Å²) in [5.74, 6) is 2.39. The summed E-state index contributed by atoms with van der Waals surface area (Å²) in [5, 5.41) is 20.4. The van der Waals surface area contributed by atoms with Gasteiger partial charge in [-0.15, -0.1) is 0 Å². The maximum atomic E-state index is 10.7. The van der Waals surface area contributed by atoms with E-state index in [0.29, 0.717) is 31.5 Å². The molecular formula is C24H46O5. The third-order valence-electron chi connectivity index (χ3n) is 7.82. The Bertz CT molecular complexity index is 457. The van der Waals surface area contributed by atoms with E-state index in [-0.39, 0.29) is 42.9 Å². The fourth-order valence-electron chi connectivity index (χ4n) is 6.33. The van der Waals surface area contributed by atoms with Gasteiger partial charge in [0.1, 0.15) is 6.79 Å². The summed E-state index contributed by atoms with van der Waals surface area (Å²) in [6.07, 6.45) is 7.15. The molecule has 0 heterocycles. The second kappa shape index (κ2) is 12.0.